The summed E-state index contributed by atoms with van der Waals surface area (Å²) >= 11 is 0. The van der Waals surface area contributed by atoms with E-state index in [4.69, 9.17) is 0 Å². The maximum atomic E-state index is 14.1. The summed E-state index contributed by atoms with van der Waals surface area (Å²) in [5.74, 6) is -7.74. The fourth-order valence-electron chi connectivity index (χ4n) is 2.63. The molecule has 1 N–H and O–H groups in total. The SMILES string of the molecule is O=C(NC1(CN2CCC2)CC1)C(F)(F)c1cc(F)cc(F)c1. The van der Waals surface area contributed by atoms with E-state index in [1.54, 1.807) is 0 Å². The molecule has 0 bridgehead atoms. The van der Waals surface area contributed by atoms with Crippen molar-refractivity contribution in [1.29, 1.82) is 0 Å². The van der Waals surface area contributed by atoms with Gasteiger partial charge in [0, 0.05) is 18.2 Å². The van der Waals surface area contributed by atoms with Crippen LogP contribution in [-0.4, -0.2) is 36.0 Å². The van der Waals surface area contributed by atoms with Crippen LogP contribution < -0.4 is 5.32 Å². The van der Waals surface area contributed by atoms with Crippen LogP contribution in [0.3, 0.4) is 0 Å². The summed E-state index contributed by atoms with van der Waals surface area (Å²) < 4.78 is 54.5. The van der Waals surface area contributed by atoms with Gasteiger partial charge in [-0.1, -0.05) is 0 Å². The number of carbonyl (C=O) groups is 1. The largest absolute Gasteiger partial charge is 0.349 e. The molecule has 3 rings (SSSR count). The third-order valence-electron chi connectivity index (χ3n) is 4.22. The van der Waals surface area contributed by atoms with E-state index < -0.39 is 34.6 Å². The van der Waals surface area contributed by atoms with E-state index in [0.717, 1.165) is 19.5 Å². The van der Waals surface area contributed by atoms with Crippen molar-refractivity contribution >= 4 is 5.91 Å². The summed E-state index contributed by atoms with van der Waals surface area (Å²) in [6.45, 7) is 2.36. The highest BCUT2D eigenvalue weighted by Crippen LogP contribution is 2.39. The lowest BCUT2D eigenvalue weighted by Crippen LogP contribution is -2.53. The van der Waals surface area contributed by atoms with Crippen LogP contribution in [0.2, 0.25) is 0 Å². The molecule has 22 heavy (non-hydrogen) atoms. The van der Waals surface area contributed by atoms with Gasteiger partial charge in [0.15, 0.2) is 0 Å². The Morgan fingerprint density at radius 1 is 1.18 bits per heavy atom. The predicted molar refractivity (Wildman–Crippen MR) is 71.4 cm³/mol. The van der Waals surface area contributed by atoms with E-state index in [1.807, 2.05) is 0 Å². The fourth-order valence-corrected chi connectivity index (χ4v) is 2.63. The average Bonchev–Trinajstić information content (AvgIpc) is 3.13. The van der Waals surface area contributed by atoms with E-state index in [2.05, 4.69) is 10.2 Å². The maximum Gasteiger partial charge on any atom is 0.349 e. The van der Waals surface area contributed by atoms with Crippen LogP contribution in [0.1, 0.15) is 24.8 Å². The minimum absolute atomic E-state index is 0.484. The molecule has 1 aromatic carbocycles. The van der Waals surface area contributed by atoms with Crippen molar-refractivity contribution in [2.24, 2.45) is 0 Å². The molecule has 7 heteroatoms. The number of carbonyl (C=O) groups excluding carboxylic acids is 1. The van der Waals surface area contributed by atoms with Gasteiger partial charge in [-0.25, -0.2) is 8.78 Å². The first-order chi connectivity index (χ1) is 10.3. The Morgan fingerprint density at radius 3 is 2.23 bits per heavy atom. The lowest BCUT2D eigenvalue weighted by molar-refractivity contribution is -0.148. The van der Waals surface area contributed by atoms with Crippen LogP contribution in [-0.2, 0) is 10.7 Å². The number of hydrogen-bond acceptors (Lipinski definition) is 2. The molecule has 2 aliphatic rings. The standard InChI is InChI=1S/C15H16F4N2O/c16-11-6-10(7-12(17)8-11)15(18,19)13(22)20-14(2-3-14)9-21-4-1-5-21/h6-8H,1-5,9H2,(H,20,22). The number of halogens is 4. The number of nitrogens with zero attached hydrogens (tertiary/aromatic N) is 1. The number of hydrogen-bond donors (Lipinski definition) is 1. The molecular weight excluding hydrogens is 300 g/mol. The maximum absolute atomic E-state index is 14.1. The van der Waals surface area contributed by atoms with Gasteiger partial charge in [-0.15, -0.1) is 0 Å². The van der Waals surface area contributed by atoms with Gasteiger partial charge >= 0.3 is 5.92 Å². The monoisotopic (exact) mass is 316 g/mol. The molecule has 0 spiro atoms. The second-order valence-electron chi connectivity index (χ2n) is 6.10. The van der Waals surface area contributed by atoms with Gasteiger partial charge in [-0.2, -0.15) is 8.78 Å². The Kier molecular flexibility index (Phi) is 3.63. The smallest absolute Gasteiger partial charge is 0.344 e. The third kappa shape index (κ3) is 2.95. The van der Waals surface area contributed by atoms with Crippen molar-refractivity contribution in [3.63, 3.8) is 0 Å². The molecule has 1 aromatic rings. The van der Waals surface area contributed by atoms with E-state index in [1.165, 1.54) is 0 Å². The van der Waals surface area contributed by atoms with Crippen LogP contribution in [0.5, 0.6) is 0 Å². The predicted octanol–water partition coefficient (Wildman–Crippen LogP) is 2.41. The van der Waals surface area contributed by atoms with E-state index in [-0.39, 0.29) is 0 Å². The molecule has 3 nitrogen and oxygen atoms in total. The molecule has 1 heterocycles. The number of rotatable bonds is 5. The molecular formula is C15H16F4N2O. The molecule has 1 aliphatic carbocycles. The fraction of sp³-hybridized carbons (Fsp3) is 0.533. The van der Waals surface area contributed by atoms with Gasteiger partial charge < -0.3 is 10.2 Å². The average molecular weight is 316 g/mol. The zero-order valence-electron chi connectivity index (χ0n) is 11.8. The Hall–Kier alpha value is -1.63. The van der Waals surface area contributed by atoms with Gasteiger partial charge in [0.2, 0.25) is 0 Å². The quantitative estimate of drug-likeness (QED) is 0.846. The van der Waals surface area contributed by atoms with Crippen molar-refractivity contribution in [3.8, 4) is 0 Å². The molecule has 1 amide bonds. The zero-order chi connectivity index (χ0) is 16.0. The molecule has 0 radical (unpaired) electrons. The molecule has 2 fully saturated rings. The summed E-state index contributed by atoms with van der Waals surface area (Å²) in [5, 5.41) is 2.37. The number of likely N-dealkylation sites (tertiary alicyclic amines) is 1. The normalized spacial score (nSPS) is 20.4. The summed E-state index contributed by atoms with van der Waals surface area (Å²) in [6.07, 6.45) is 2.36. The molecule has 0 unspecified atom stereocenters. The molecule has 1 aliphatic heterocycles. The highest BCUT2D eigenvalue weighted by Gasteiger charge is 2.51. The summed E-state index contributed by atoms with van der Waals surface area (Å²) in [5.41, 5.74) is -1.59. The summed E-state index contributed by atoms with van der Waals surface area (Å²) in [4.78, 5) is 14.0. The first-order valence-electron chi connectivity index (χ1n) is 7.20. The molecule has 0 atom stereocenters. The second kappa shape index (κ2) is 5.22. The Bertz CT molecular complexity index is 577. The Labute approximate surface area is 125 Å². The van der Waals surface area contributed by atoms with Gasteiger partial charge in [-0.05, 0) is 44.5 Å². The van der Waals surface area contributed by atoms with Gasteiger partial charge in [0.05, 0.1) is 5.54 Å². The third-order valence-corrected chi connectivity index (χ3v) is 4.22. The lowest BCUT2D eigenvalue weighted by atomic mass is 10.1. The summed E-state index contributed by atoms with van der Waals surface area (Å²) in [6, 6.07) is 1.46. The minimum Gasteiger partial charge on any atom is -0.344 e. The van der Waals surface area contributed by atoms with Gasteiger partial charge in [-0.3, -0.25) is 4.79 Å². The Morgan fingerprint density at radius 2 is 1.77 bits per heavy atom. The van der Waals surface area contributed by atoms with Crippen molar-refractivity contribution < 1.29 is 22.4 Å². The number of nitrogens with one attached hydrogen (secondary N) is 1. The first kappa shape index (κ1) is 15.3. The van der Waals surface area contributed by atoms with E-state index in [9.17, 15) is 22.4 Å². The van der Waals surface area contributed by atoms with Crippen LogP contribution in [0.4, 0.5) is 17.6 Å². The first-order valence-corrected chi connectivity index (χ1v) is 7.20. The van der Waals surface area contributed by atoms with E-state index in [0.29, 0.717) is 37.6 Å². The number of alkyl halides is 2. The van der Waals surface area contributed by atoms with Crippen LogP contribution >= 0.6 is 0 Å². The lowest BCUT2D eigenvalue weighted by Gasteiger charge is -2.35. The molecule has 120 valence electrons. The van der Waals surface area contributed by atoms with Gasteiger partial charge in [0.25, 0.3) is 5.91 Å². The highest BCUT2D eigenvalue weighted by atomic mass is 19.3. The number of amides is 1. The second-order valence-corrected chi connectivity index (χ2v) is 6.10. The van der Waals surface area contributed by atoms with Crippen LogP contribution in [0.25, 0.3) is 0 Å². The van der Waals surface area contributed by atoms with Crippen molar-refractivity contribution in [2.75, 3.05) is 19.6 Å². The van der Waals surface area contributed by atoms with Crippen molar-refractivity contribution in [1.82, 2.24) is 10.2 Å². The van der Waals surface area contributed by atoms with Crippen LogP contribution in [0.15, 0.2) is 18.2 Å². The Balaban J connectivity index is 1.72. The summed E-state index contributed by atoms with van der Waals surface area (Å²) in [7, 11) is 0. The molecule has 0 aromatic heterocycles. The zero-order valence-corrected chi connectivity index (χ0v) is 11.8. The van der Waals surface area contributed by atoms with E-state index >= 15 is 0 Å². The van der Waals surface area contributed by atoms with Crippen molar-refractivity contribution in [3.05, 3.63) is 35.4 Å². The van der Waals surface area contributed by atoms with Crippen molar-refractivity contribution in [2.45, 2.75) is 30.7 Å². The minimum atomic E-state index is -3.96. The van der Waals surface area contributed by atoms with Gasteiger partial charge in [0.1, 0.15) is 11.6 Å². The van der Waals surface area contributed by atoms with Crippen LogP contribution in [0, 0.1) is 11.6 Å². The highest BCUT2D eigenvalue weighted by molar-refractivity contribution is 5.85. The molecule has 1 saturated carbocycles. The topological polar surface area (TPSA) is 32.3 Å². The number of benzene rings is 1. The molecule has 1 saturated heterocycles.